The molecule has 0 heterocycles. The normalized spacial score (nSPS) is 10.0. The molecule has 0 aliphatic heterocycles. The first-order valence-corrected chi connectivity index (χ1v) is 5.16. The standard InChI is InChI=1S/C12H17NO2/c1-10-5-2-3-6-11(10)9-12(15)13-7-4-8-14/h2-3,5-6,14H,4,7-9H2,1H3,(H,13,15). The molecule has 0 radical (unpaired) electrons. The Hall–Kier alpha value is -1.35. The highest BCUT2D eigenvalue weighted by Crippen LogP contribution is 2.07. The Morgan fingerprint density at radius 2 is 2.13 bits per heavy atom. The molecule has 0 aromatic heterocycles. The second-order valence-electron chi connectivity index (χ2n) is 3.53. The maximum Gasteiger partial charge on any atom is 0.224 e. The fourth-order valence-corrected chi connectivity index (χ4v) is 1.35. The van der Waals surface area contributed by atoms with E-state index in [4.69, 9.17) is 5.11 Å². The van der Waals surface area contributed by atoms with Gasteiger partial charge in [0.25, 0.3) is 0 Å². The van der Waals surface area contributed by atoms with E-state index in [1.165, 1.54) is 0 Å². The van der Waals surface area contributed by atoms with Gasteiger partial charge in [0.15, 0.2) is 0 Å². The molecule has 0 unspecified atom stereocenters. The Bertz CT molecular complexity index is 323. The summed E-state index contributed by atoms with van der Waals surface area (Å²) in [6, 6.07) is 7.85. The first-order chi connectivity index (χ1) is 7.24. The molecule has 0 aliphatic carbocycles. The second kappa shape index (κ2) is 6.19. The highest BCUT2D eigenvalue weighted by Gasteiger charge is 2.04. The van der Waals surface area contributed by atoms with Gasteiger partial charge >= 0.3 is 0 Å². The van der Waals surface area contributed by atoms with Crippen LogP contribution in [0.2, 0.25) is 0 Å². The van der Waals surface area contributed by atoms with Crippen molar-refractivity contribution in [1.29, 1.82) is 0 Å². The van der Waals surface area contributed by atoms with Crippen molar-refractivity contribution >= 4 is 5.91 Å². The number of amides is 1. The second-order valence-corrected chi connectivity index (χ2v) is 3.53. The van der Waals surface area contributed by atoms with Crippen LogP contribution in [0.3, 0.4) is 0 Å². The van der Waals surface area contributed by atoms with E-state index >= 15 is 0 Å². The van der Waals surface area contributed by atoms with Gasteiger partial charge in [-0.15, -0.1) is 0 Å². The molecule has 0 fully saturated rings. The zero-order valence-corrected chi connectivity index (χ0v) is 8.99. The van der Waals surface area contributed by atoms with E-state index in [0.717, 1.165) is 11.1 Å². The van der Waals surface area contributed by atoms with E-state index in [2.05, 4.69) is 5.32 Å². The van der Waals surface area contributed by atoms with Gasteiger partial charge in [0.1, 0.15) is 0 Å². The molecule has 0 bridgehead atoms. The van der Waals surface area contributed by atoms with Gasteiger partial charge in [-0.1, -0.05) is 24.3 Å². The number of hydrogen-bond acceptors (Lipinski definition) is 2. The summed E-state index contributed by atoms with van der Waals surface area (Å²) < 4.78 is 0. The van der Waals surface area contributed by atoms with Gasteiger partial charge in [0, 0.05) is 13.2 Å². The van der Waals surface area contributed by atoms with E-state index in [1.54, 1.807) is 0 Å². The molecule has 0 spiro atoms. The predicted molar refractivity (Wildman–Crippen MR) is 59.6 cm³/mol. The largest absolute Gasteiger partial charge is 0.396 e. The molecule has 82 valence electrons. The average molecular weight is 207 g/mol. The van der Waals surface area contributed by atoms with E-state index in [-0.39, 0.29) is 12.5 Å². The van der Waals surface area contributed by atoms with Crippen LogP contribution in [-0.2, 0) is 11.2 Å². The van der Waals surface area contributed by atoms with E-state index in [1.807, 2.05) is 31.2 Å². The van der Waals surface area contributed by atoms with Gasteiger partial charge in [-0.2, -0.15) is 0 Å². The van der Waals surface area contributed by atoms with Crippen LogP contribution in [0.5, 0.6) is 0 Å². The van der Waals surface area contributed by atoms with Crippen LogP contribution in [0.25, 0.3) is 0 Å². The summed E-state index contributed by atoms with van der Waals surface area (Å²) in [4.78, 5) is 11.4. The van der Waals surface area contributed by atoms with E-state index in [9.17, 15) is 4.79 Å². The molecule has 2 N–H and O–H groups in total. The number of carbonyl (C=O) groups excluding carboxylic acids is 1. The van der Waals surface area contributed by atoms with Crippen molar-refractivity contribution in [1.82, 2.24) is 5.32 Å². The lowest BCUT2D eigenvalue weighted by Crippen LogP contribution is -2.26. The van der Waals surface area contributed by atoms with Crippen LogP contribution >= 0.6 is 0 Å². The van der Waals surface area contributed by atoms with Gasteiger partial charge in [-0.05, 0) is 24.5 Å². The van der Waals surface area contributed by atoms with Gasteiger partial charge in [0.2, 0.25) is 5.91 Å². The molecule has 1 aromatic rings. The Morgan fingerprint density at radius 1 is 1.40 bits per heavy atom. The summed E-state index contributed by atoms with van der Waals surface area (Å²) >= 11 is 0. The Balaban J connectivity index is 2.41. The predicted octanol–water partition coefficient (Wildman–Crippen LogP) is 1.04. The number of nitrogens with one attached hydrogen (secondary N) is 1. The topological polar surface area (TPSA) is 49.3 Å². The number of rotatable bonds is 5. The van der Waals surface area contributed by atoms with Crippen LogP contribution in [0.4, 0.5) is 0 Å². The molecular weight excluding hydrogens is 190 g/mol. The maximum atomic E-state index is 11.4. The van der Waals surface area contributed by atoms with E-state index in [0.29, 0.717) is 19.4 Å². The molecule has 3 heteroatoms. The number of benzene rings is 1. The Morgan fingerprint density at radius 3 is 2.80 bits per heavy atom. The summed E-state index contributed by atoms with van der Waals surface area (Å²) in [7, 11) is 0. The van der Waals surface area contributed by atoms with Crippen molar-refractivity contribution in [2.45, 2.75) is 19.8 Å². The van der Waals surface area contributed by atoms with Crippen LogP contribution in [0.15, 0.2) is 24.3 Å². The zero-order valence-electron chi connectivity index (χ0n) is 8.99. The summed E-state index contributed by atoms with van der Waals surface area (Å²) in [5.74, 6) is 0.0118. The van der Waals surface area contributed by atoms with E-state index < -0.39 is 0 Å². The van der Waals surface area contributed by atoms with Crippen LogP contribution in [0.1, 0.15) is 17.5 Å². The molecule has 15 heavy (non-hydrogen) atoms. The van der Waals surface area contributed by atoms with Gasteiger partial charge in [-0.3, -0.25) is 4.79 Å². The lowest BCUT2D eigenvalue weighted by molar-refractivity contribution is -0.120. The number of hydrogen-bond donors (Lipinski definition) is 2. The number of aliphatic hydroxyl groups is 1. The minimum absolute atomic E-state index is 0.0118. The lowest BCUT2D eigenvalue weighted by atomic mass is 10.1. The fraction of sp³-hybridized carbons (Fsp3) is 0.417. The minimum Gasteiger partial charge on any atom is -0.396 e. The van der Waals surface area contributed by atoms with Crippen LogP contribution in [-0.4, -0.2) is 24.2 Å². The van der Waals surface area contributed by atoms with Gasteiger partial charge in [0.05, 0.1) is 6.42 Å². The molecule has 0 saturated heterocycles. The number of carbonyl (C=O) groups is 1. The monoisotopic (exact) mass is 207 g/mol. The van der Waals surface area contributed by atoms with Gasteiger partial charge in [-0.25, -0.2) is 0 Å². The summed E-state index contributed by atoms with van der Waals surface area (Å²) in [6.07, 6.45) is 1.03. The molecule has 0 aliphatic rings. The Kier molecular flexibility index (Phi) is 4.84. The fourth-order valence-electron chi connectivity index (χ4n) is 1.35. The molecule has 0 atom stereocenters. The van der Waals surface area contributed by atoms with Crippen molar-refractivity contribution in [3.63, 3.8) is 0 Å². The summed E-state index contributed by atoms with van der Waals surface area (Å²) in [5, 5.41) is 11.3. The van der Waals surface area contributed by atoms with Crippen molar-refractivity contribution in [3.8, 4) is 0 Å². The average Bonchev–Trinajstić information content (AvgIpc) is 2.22. The number of aryl methyl sites for hydroxylation is 1. The smallest absolute Gasteiger partial charge is 0.224 e. The zero-order chi connectivity index (χ0) is 11.1. The van der Waals surface area contributed by atoms with Crippen molar-refractivity contribution in [3.05, 3.63) is 35.4 Å². The molecule has 3 nitrogen and oxygen atoms in total. The lowest BCUT2D eigenvalue weighted by Gasteiger charge is -2.06. The third kappa shape index (κ3) is 4.13. The first-order valence-electron chi connectivity index (χ1n) is 5.16. The van der Waals surface area contributed by atoms with Crippen molar-refractivity contribution in [2.75, 3.05) is 13.2 Å². The molecule has 1 rings (SSSR count). The summed E-state index contributed by atoms with van der Waals surface area (Å²) in [5.41, 5.74) is 2.19. The highest BCUT2D eigenvalue weighted by atomic mass is 16.3. The molecular formula is C12H17NO2. The van der Waals surface area contributed by atoms with Crippen molar-refractivity contribution in [2.24, 2.45) is 0 Å². The third-order valence-corrected chi connectivity index (χ3v) is 2.27. The quantitative estimate of drug-likeness (QED) is 0.709. The molecule has 1 amide bonds. The minimum atomic E-state index is 0.0118. The molecule has 0 saturated carbocycles. The molecule has 1 aromatic carbocycles. The SMILES string of the molecule is Cc1ccccc1CC(=O)NCCCO. The maximum absolute atomic E-state index is 11.4. The first kappa shape index (κ1) is 11.7. The third-order valence-electron chi connectivity index (χ3n) is 2.27. The Labute approximate surface area is 90.1 Å². The highest BCUT2D eigenvalue weighted by molar-refractivity contribution is 5.78. The number of aliphatic hydroxyl groups excluding tert-OH is 1. The van der Waals surface area contributed by atoms with Crippen molar-refractivity contribution < 1.29 is 9.90 Å². The van der Waals surface area contributed by atoms with Crippen LogP contribution < -0.4 is 5.32 Å². The van der Waals surface area contributed by atoms with Crippen LogP contribution in [0, 0.1) is 6.92 Å². The summed E-state index contributed by atoms with van der Waals surface area (Å²) in [6.45, 7) is 2.65. The van der Waals surface area contributed by atoms with Gasteiger partial charge < -0.3 is 10.4 Å².